The van der Waals surface area contributed by atoms with E-state index >= 15 is 0 Å². The fraction of sp³-hybridized carbons (Fsp3) is 0.500. The summed E-state index contributed by atoms with van der Waals surface area (Å²) in [5, 5.41) is 14.9. The number of rotatable bonds is 8. The number of anilines is 1. The number of nitrogens with zero attached hydrogens (tertiary/aromatic N) is 2. The Bertz CT molecular complexity index is 404. The number of methoxy groups -OCH3 is 1. The van der Waals surface area contributed by atoms with Crippen molar-refractivity contribution in [1.82, 2.24) is 9.78 Å². The zero-order valence-corrected chi connectivity index (χ0v) is 9.96. The van der Waals surface area contributed by atoms with Crippen molar-refractivity contribution >= 4 is 17.6 Å². The molecule has 1 heterocycles. The lowest BCUT2D eigenvalue weighted by molar-refractivity contribution is -0.143. The monoisotopic (exact) mass is 257 g/mol. The molecule has 8 heteroatoms. The van der Waals surface area contributed by atoms with Crippen LogP contribution < -0.4 is 5.32 Å². The smallest absolute Gasteiger partial charge is 0.329 e. The lowest BCUT2D eigenvalue weighted by Crippen LogP contribution is -2.20. The minimum absolute atomic E-state index is 0.310. The Hall–Kier alpha value is -1.93. The second-order valence-corrected chi connectivity index (χ2v) is 3.42. The first kappa shape index (κ1) is 14.1. The van der Waals surface area contributed by atoms with Crippen molar-refractivity contribution in [2.45, 2.75) is 6.54 Å². The third-order valence-corrected chi connectivity index (χ3v) is 1.90. The fourth-order valence-electron chi connectivity index (χ4n) is 1.16. The Morgan fingerprint density at radius 1 is 1.50 bits per heavy atom. The number of ether oxygens (including phenoxy) is 2. The summed E-state index contributed by atoms with van der Waals surface area (Å²) in [5.74, 6) is -1.54. The maximum absolute atomic E-state index is 11.3. The van der Waals surface area contributed by atoms with Gasteiger partial charge in [-0.25, -0.2) is 4.79 Å². The lowest BCUT2D eigenvalue weighted by atomic mass is 10.5. The van der Waals surface area contributed by atoms with Gasteiger partial charge < -0.3 is 19.9 Å². The Balaban J connectivity index is 2.30. The molecule has 2 N–H and O–H groups in total. The zero-order valence-electron chi connectivity index (χ0n) is 9.96. The molecule has 1 aromatic heterocycles. The maximum atomic E-state index is 11.3. The highest BCUT2D eigenvalue weighted by Gasteiger charge is 2.06. The van der Waals surface area contributed by atoms with Crippen LogP contribution in [0, 0.1) is 0 Å². The van der Waals surface area contributed by atoms with Gasteiger partial charge in [0.1, 0.15) is 13.2 Å². The number of carbonyl (C=O) groups is 2. The Labute approximate surface area is 103 Å². The molecule has 0 spiro atoms. The van der Waals surface area contributed by atoms with E-state index in [4.69, 9.17) is 9.84 Å². The molecule has 0 saturated heterocycles. The van der Waals surface area contributed by atoms with Gasteiger partial charge in [0, 0.05) is 13.3 Å². The number of hydrogen-bond acceptors (Lipinski definition) is 5. The van der Waals surface area contributed by atoms with Crippen LogP contribution >= 0.6 is 0 Å². The van der Waals surface area contributed by atoms with Crippen molar-refractivity contribution in [3.05, 3.63) is 12.4 Å². The van der Waals surface area contributed by atoms with Crippen LogP contribution in [0.25, 0.3) is 0 Å². The van der Waals surface area contributed by atoms with Gasteiger partial charge in [-0.1, -0.05) is 0 Å². The number of hydrogen-bond donors (Lipinski definition) is 2. The number of carboxylic acids is 1. The molecule has 8 nitrogen and oxygen atoms in total. The van der Waals surface area contributed by atoms with Gasteiger partial charge in [0.25, 0.3) is 0 Å². The number of aliphatic carboxylic acids is 1. The summed E-state index contributed by atoms with van der Waals surface area (Å²) in [6.07, 6.45) is 3.14. The van der Waals surface area contributed by atoms with Crippen molar-refractivity contribution in [1.29, 1.82) is 0 Å². The second-order valence-electron chi connectivity index (χ2n) is 3.42. The van der Waals surface area contributed by atoms with Gasteiger partial charge >= 0.3 is 5.97 Å². The molecule has 0 aliphatic heterocycles. The molecule has 100 valence electrons. The molecule has 1 amide bonds. The molecule has 1 rings (SSSR count). The van der Waals surface area contributed by atoms with Crippen LogP contribution in [0.15, 0.2) is 12.4 Å². The average molecular weight is 257 g/mol. The maximum Gasteiger partial charge on any atom is 0.329 e. The van der Waals surface area contributed by atoms with E-state index in [1.165, 1.54) is 6.20 Å². The SMILES string of the molecule is COCCn1cc(NC(=O)COCC(=O)O)cn1. The number of nitrogens with one attached hydrogen (secondary N) is 1. The number of aromatic nitrogens is 2. The van der Waals surface area contributed by atoms with E-state index in [9.17, 15) is 9.59 Å². The minimum Gasteiger partial charge on any atom is -0.480 e. The highest BCUT2D eigenvalue weighted by Crippen LogP contribution is 2.04. The first-order valence-corrected chi connectivity index (χ1v) is 5.22. The molecule has 0 unspecified atom stereocenters. The van der Waals surface area contributed by atoms with Gasteiger partial charge in [0.2, 0.25) is 5.91 Å². The third kappa shape index (κ3) is 5.41. The quantitative estimate of drug-likeness (QED) is 0.655. The van der Waals surface area contributed by atoms with Crippen LogP contribution in [-0.2, 0) is 25.6 Å². The van der Waals surface area contributed by atoms with Crippen molar-refractivity contribution in [3.63, 3.8) is 0 Å². The second kappa shape index (κ2) is 7.41. The van der Waals surface area contributed by atoms with E-state index in [0.29, 0.717) is 18.8 Å². The molecular formula is C10H15N3O5. The molecule has 0 aliphatic rings. The number of carbonyl (C=O) groups excluding carboxylic acids is 1. The first-order chi connectivity index (χ1) is 8.61. The van der Waals surface area contributed by atoms with Gasteiger partial charge in [-0.05, 0) is 0 Å². The summed E-state index contributed by atoms with van der Waals surface area (Å²) in [5.41, 5.74) is 0.523. The van der Waals surface area contributed by atoms with Crippen LogP contribution in [0.5, 0.6) is 0 Å². The van der Waals surface area contributed by atoms with Gasteiger partial charge in [-0.15, -0.1) is 0 Å². The zero-order chi connectivity index (χ0) is 13.4. The topological polar surface area (TPSA) is 103 Å². The average Bonchev–Trinajstić information content (AvgIpc) is 2.73. The van der Waals surface area contributed by atoms with Crippen molar-refractivity contribution in [2.75, 3.05) is 32.2 Å². The molecule has 0 atom stereocenters. The predicted octanol–water partition coefficient (Wildman–Crippen LogP) is -0.431. The Kier molecular flexibility index (Phi) is 5.81. The molecule has 0 aromatic carbocycles. The summed E-state index contributed by atoms with van der Waals surface area (Å²) >= 11 is 0. The van der Waals surface area contributed by atoms with E-state index in [2.05, 4.69) is 15.2 Å². The van der Waals surface area contributed by atoms with Crippen molar-refractivity contribution in [3.8, 4) is 0 Å². The van der Waals surface area contributed by atoms with Gasteiger partial charge in [-0.2, -0.15) is 5.10 Å². The van der Waals surface area contributed by atoms with Crippen LogP contribution in [0.3, 0.4) is 0 Å². The molecule has 0 fully saturated rings. The Morgan fingerprint density at radius 3 is 2.94 bits per heavy atom. The van der Waals surface area contributed by atoms with Gasteiger partial charge in [0.05, 0.1) is 25.0 Å². The standard InChI is InChI=1S/C10H15N3O5/c1-17-3-2-13-5-8(4-11-13)12-9(14)6-18-7-10(15)16/h4-5H,2-3,6-7H2,1H3,(H,12,14)(H,15,16). The van der Waals surface area contributed by atoms with Crippen molar-refractivity contribution in [2.24, 2.45) is 0 Å². The summed E-state index contributed by atoms with van der Waals surface area (Å²) in [4.78, 5) is 21.5. The number of amides is 1. The van der Waals surface area contributed by atoms with Crippen LogP contribution in [0.4, 0.5) is 5.69 Å². The first-order valence-electron chi connectivity index (χ1n) is 5.22. The van der Waals surface area contributed by atoms with Crippen LogP contribution in [0.1, 0.15) is 0 Å². The third-order valence-electron chi connectivity index (χ3n) is 1.90. The summed E-state index contributed by atoms with van der Waals surface area (Å²) < 4.78 is 11.2. The summed E-state index contributed by atoms with van der Waals surface area (Å²) in [6, 6.07) is 0. The summed E-state index contributed by atoms with van der Waals surface area (Å²) in [7, 11) is 1.59. The largest absolute Gasteiger partial charge is 0.480 e. The van der Waals surface area contributed by atoms with Gasteiger partial charge in [-0.3, -0.25) is 9.48 Å². The van der Waals surface area contributed by atoms with Crippen LogP contribution in [-0.4, -0.2) is 53.7 Å². The Morgan fingerprint density at radius 2 is 2.28 bits per heavy atom. The molecular weight excluding hydrogens is 242 g/mol. The van der Waals surface area contributed by atoms with E-state index in [1.54, 1.807) is 18.0 Å². The highest BCUT2D eigenvalue weighted by atomic mass is 16.5. The minimum atomic E-state index is -1.12. The lowest BCUT2D eigenvalue weighted by Gasteiger charge is -2.02. The normalized spacial score (nSPS) is 10.3. The van der Waals surface area contributed by atoms with E-state index in [1.807, 2.05) is 0 Å². The fourth-order valence-corrected chi connectivity index (χ4v) is 1.16. The predicted molar refractivity (Wildman–Crippen MR) is 61.2 cm³/mol. The highest BCUT2D eigenvalue weighted by molar-refractivity contribution is 5.91. The molecule has 0 aliphatic carbocycles. The van der Waals surface area contributed by atoms with E-state index in [0.717, 1.165) is 0 Å². The number of carboxylic acid groups (broad SMARTS) is 1. The molecule has 18 heavy (non-hydrogen) atoms. The molecule has 1 aromatic rings. The summed E-state index contributed by atoms with van der Waals surface area (Å²) in [6.45, 7) is 0.300. The van der Waals surface area contributed by atoms with E-state index < -0.39 is 18.5 Å². The molecule has 0 bridgehead atoms. The molecule has 0 saturated carbocycles. The molecule has 0 radical (unpaired) electrons. The van der Waals surface area contributed by atoms with Crippen LogP contribution in [0.2, 0.25) is 0 Å². The van der Waals surface area contributed by atoms with Gasteiger partial charge in [0.15, 0.2) is 0 Å². The van der Waals surface area contributed by atoms with Crippen molar-refractivity contribution < 1.29 is 24.2 Å². The van der Waals surface area contributed by atoms with E-state index in [-0.39, 0.29) is 6.61 Å².